The van der Waals surface area contributed by atoms with Crippen molar-refractivity contribution in [3.05, 3.63) is 12.2 Å². The van der Waals surface area contributed by atoms with Crippen molar-refractivity contribution in [1.82, 2.24) is 19.9 Å². The molecule has 0 amide bonds. The third kappa shape index (κ3) is 1.94. The number of aliphatic hydroxyl groups is 3. The normalized spacial score (nSPS) is 31.1. The van der Waals surface area contributed by atoms with Gasteiger partial charge in [0.25, 0.3) is 0 Å². The van der Waals surface area contributed by atoms with Crippen molar-refractivity contribution in [2.45, 2.75) is 22.7 Å². The number of nitrogen functional groups attached to an aromatic ring is 1. The summed E-state index contributed by atoms with van der Waals surface area (Å²) in [5.41, 5.74) is 6.75. The molecule has 0 aliphatic carbocycles. The summed E-state index contributed by atoms with van der Waals surface area (Å²) < 4.78 is 0. The van der Waals surface area contributed by atoms with Gasteiger partial charge in [-0.3, -0.25) is 0 Å². The Hall–Kier alpha value is -1.42. The second-order valence-electron chi connectivity index (χ2n) is 4.33. The summed E-state index contributed by atoms with van der Waals surface area (Å²) in [6.45, 7) is -0.223. The van der Waals surface area contributed by atoms with Crippen molar-refractivity contribution in [3.8, 4) is 0 Å². The number of aromatic amines is 1. The molecule has 4 atom stereocenters. The van der Waals surface area contributed by atoms with Crippen LogP contribution in [0.3, 0.4) is 0 Å². The van der Waals surface area contributed by atoms with E-state index in [0.29, 0.717) is 17.0 Å². The van der Waals surface area contributed by atoms with E-state index in [1.54, 1.807) is 0 Å². The topological polar surface area (TPSA) is 141 Å². The lowest BCUT2D eigenvalue weighted by atomic mass is 10.1. The number of H-pyrrole nitrogens is 1. The van der Waals surface area contributed by atoms with Crippen LogP contribution in [-0.2, 0) is 0 Å². The number of hydrogen-bond acceptors (Lipinski definition) is 8. The number of nitrogens with two attached hydrogens (primary N) is 1. The zero-order valence-electron chi connectivity index (χ0n) is 9.76. The molecule has 0 spiro atoms. The average molecular weight is 283 g/mol. The number of rotatable bonds is 2. The maximum absolute atomic E-state index is 10.00. The number of nitrogens with zero attached hydrogens (tertiary/aromatic N) is 3. The SMILES string of the molecule is Nc1nc(C2S[C@H](CO)[C@H](O)[C@H]2O)nc2nc[nH]c12. The van der Waals surface area contributed by atoms with Crippen LogP contribution in [0.5, 0.6) is 0 Å². The molecular formula is C10H13N5O3S. The lowest BCUT2D eigenvalue weighted by Gasteiger charge is -2.14. The number of hydrogen-bond donors (Lipinski definition) is 5. The van der Waals surface area contributed by atoms with E-state index in [1.807, 2.05) is 0 Å². The minimum Gasteiger partial charge on any atom is -0.395 e. The minimum absolute atomic E-state index is 0.223. The molecular weight excluding hydrogens is 270 g/mol. The van der Waals surface area contributed by atoms with Crippen LogP contribution >= 0.6 is 11.8 Å². The monoisotopic (exact) mass is 283 g/mol. The van der Waals surface area contributed by atoms with Crippen molar-refractivity contribution in [3.63, 3.8) is 0 Å². The van der Waals surface area contributed by atoms with Crippen LogP contribution in [0.4, 0.5) is 5.82 Å². The third-order valence-corrected chi connectivity index (χ3v) is 4.69. The second-order valence-corrected chi connectivity index (χ2v) is 5.71. The maximum Gasteiger partial charge on any atom is 0.183 e. The largest absolute Gasteiger partial charge is 0.395 e. The van der Waals surface area contributed by atoms with Gasteiger partial charge in [-0.25, -0.2) is 15.0 Å². The van der Waals surface area contributed by atoms with Crippen LogP contribution in [-0.4, -0.2) is 59.3 Å². The molecule has 2 aromatic rings. The molecule has 3 heterocycles. The van der Waals surface area contributed by atoms with E-state index in [4.69, 9.17) is 10.8 Å². The number of imidazole rings is 1. The molecule has 3 rings (SSSR count). The number of nitrogens with one attached hydrogen (secondary N) is 1. The average Bonchev–Trinajstić information content (AvgIpc) is 2.96. The molecule has 1 unspecified atom stereocenters. The highest BCUT2D eigenvalue weighted by atomic mass is 32.2. The minimum atomic E-state index is -1.04. The number of aliphatic hydroxyl groups excluding tert-OH is 3. The van der Waals surface area contributed by atoms with E-state index < -0.39 is 22.7 Å². The standard InChI is InChI=1S/C10H13N5O3S/c11-8-4-9(13-2-12-4)15-10(14-8)7-6(18)5(17)3(1-16)19-7/h2-3,5-7,16-18H,1H2,(H3,11,12,13,14,15)/t3-,5+,6-,7?/m1/s1. The van der Waals surface area contributed by atoms with Crippen molar-refractivity contribution in [1.29, 1.82) is 0 Å². The maximum atomic E-state index is 10.00. The Morgan fingerprint density at radius 1 is 1.32 bits per heavy atom. The highest BCUT2D eigenvalue weighted by Gasteiger charge is 2.44. The van der Waals surface area contributed by atoms with E-state index >= 15 is 0 Å². The predicted molar refractivity (Wildman–Crippen MR) is 69.3 cm³/mol. The fraction of sp³-hybridized carbons (Fsp3) is 0.500. The van der Waals surface area contributed by atoms with Crippen LogP contribution in [0.15, 0.2) is 6.33 Å². The summed E-state index contributed by atoms with van der Waals surface area (Å²) in [6.07, 6.45) is -0.596. The van der Waals surface area contributed by atoms with Crippen molar-refractivity contribution in [2.24, 2.45) is 0 Å². The van der Waals surface area contributed by atoms with E-state index in [0.717, 1.165) is 0 Å². The highest BCUT2D eigenvalue weighted by molar-refractivity contribution is 8.00. The smallest absolute Gasteiger partial charge is 0.183 e. The molecule has 8 nitrogen and oxygen atoms in total. The van der Waals surface area contributed by atoms with Gasteiger partial charge in [-0.05, 0) is 0 Å². The van der Waals surface area contributed by atoms with Gasteiger partial charge in [0.2, 0.25) is 0 Å². The van der Waals surface area contributed by atoms with Crippen molar-refractivity contribution in [2.75, 3.05) is 12.3 Å². The Kier molecular flexibility index (Phi) is 3.05. The van der Waals surface area contributed by atoms with Gasteiger partial charge in [0, 0.05) is 0 Å². The molecule has 0 aromatic carbocycles. The molecule has 0 saturated carbocycles. The Bertz CT molecular complexity index is 606. The van der Waals surface area contributed by atoms with Gasteiger partial charge >= 0.3 is 0 Å². The molecule has 1 saturated heterocycles. The lowest BCUT2D eigenvalue weighted by molar-refractivity contribution is 0.0189. The molecule has 19 heavy (non-hydrogen) atoms. The van der Waals surface area contributed by atoms with E-state index in [9.17, 15) is 10.2 Å². The first kappa shape index (κ1) is 12.6. The quantitative estimate of drug-likeness (QED) is 0.463. The molecule has 1 fully saturated rings. The summed E-state index contributed by atoms with van der Waals surface area (Å²) in [4.78, 5) is 15.2. The third-order valence-electron chi connectivity index (χ3n) is 3.13. The second kappa shape index (κ2) is 4.60. The summed E-state index contributed by atoms with van der Waals surface area (Å²) in [5, 5.41) is 27.9. The first-order chi connectivity index (χ1) is 9.11. The number of anilines is 1. The molecule has 2 aromatic heterocycles. The van der Waals surface area contributed by atoms with Crippen LogP contribution in [0.2, 0.25) is 0 Å². The van der Waals surface area contributed by atoms with E-state index in [2.05, 4.69) is 19.9 Å². The molecule has 1 aliphatic heterocycles. The van der Waals surface area contributed by atoms with Crippen LogP contribution < -0.4 is 5.73 Å². The zero-order valence-corrected chi connectivity index (χ0v) is 10.6. The Morgan fingerprint density at radius 3 is 2.79 bits per heavy atom. The van der Waals surface area contributed by atoms with Gasteiger partial charge in [-0.2, -0.15) is 0 Å². The van der Waals surface area contributed by atoms with Gasteiger partial charge in [-0.1, -0.05) is 0 Å². The zero-order chi connectivity index (χ0) is 13.6. The first-order valence-corrected chi connectivity index (χ1v) is 6.65. The van der Waals surface area contributed by atoms with Crippen molar-refractivity contribution >= 4 is 28.7 Å². The van der Waals surface area contributed by atoms with Crippen LogP contribution in [0.1, 0.15) is 11.1 Å². The molecule has 1 aliphatic rings. The van der Waals surface area contributed by atoms with Gasteiger partial charge < -0.3 is 26.0 Å². The van der Waals surface area contributed by atoms with Gasteiger partial charge in [-0.15, -0.1) is 11.8 Å². The lowest BCUT2D eigenvalue weighted by Crippen LogP contribution is -2.32. The van der Waals surface area contributed by atoms with E-state index in [1.165, 1.54) is 18.1 Å². The Labute approximate surface area is 112 Å². The predicted octanol–water partition coefficient (Wildman–Crippen LogP) is -1.19. The van der Waals surface area contributed by atoms with Crippen molar-refractivity contribution < 1.29 is 15.3 Å². The van der Waals surface area contributed by atoms with Gasteiger partial charge in [0.15, 0.2) is 11.5 Å². The molecule has 0 bridgehead atoms. The van der Waals surface area contributed by atoms with E-state index in [-0.39, 0.29) is 12.4 Å². The summed E-state index contributed by atoms with van der Waals surface area (Å²) in [7, 11) is 0. The number of aromatic nitrogens is 4. The fourth-order valence-electron chi connectivity index (χ4n) is 2.11. The highest BCUT2D eigenvalue weighted by Crippen LogP contribution is 2.44. The molecule has 0 radical (unpaired) electrons. The Morgan fingerprint density at radius 2 is 2.11 bits per heavy atom. The molecule has 6 N–H and O–H groups in total. The first-order valence-electron chi connectivity index (χ1n) is 5.70. The number of thioether (sulfide) groups is 1. The fourth-order valence-corrected chi connectivity index (χ4v) is 3.45. The molecule has 102 valence electrons. The molecule has 9 heteroatoms. The number of fused-ring (bicyclic) bond motifs is 1. The van der Waals surface area contributed by atoms with Crippen LogP contribution in [0, 0.1) is 0 Å². The van der Waals surface area contributed by atoms with Gasteiger partial charge in [0.1, 0.15) is 17.4 Å². The summed E-state index contributed by atoms with van der Waals surface area (Å²) in [5.74, 6) is 0.553. The van der Waals surface area contributed by atoms with Gasteiger partial charge in [0.05, 0.1) is 29.5 Å². The summed E-state index contributed by atoms with van der Waals surface area (Å²) in [6, 6.07) is 0. The Balaban J connectivity index is 2.00. The van der Waals surface area contributed by atoms with Crippen LogP contribution in [0.25, 0.3) is 11.2 Å². The summed E-state index contributed by atoms with van der Waals surface area (Å²) >= 11 is 1.23.